The van der Waals surface area contributed by atoms with Crippen LogP contribution in [0.25, 0.3) is 0 Å². The van der Waals surface area contributed by atoms with Crippen molar-refractivity contribution < 1.29 is 9.84 Å². The van der Waals surface area contributed by atoms with Gasteiger partial charge in [-0.3, -0.25) is 0 Å². The molecule has 0 fully saturated rings. The number of aliphatic hydroxyl groups is 1. The van der Waals surface area contributed by atoms with Gasteiger partial charge in [-0.15, -0.1) is 0 Å². The molecule has 19 heavy (non-hydrogen) atoms. The summed E-state index contributed by atoms with van der Waals surface area (Å²) in [7, 11) is 0. The fourth-order valence-corrected chi connectivity index (χ4v) is 3.52. The first-order valence-corrected chi connectivity index (χ1v) is 7.35. The summed E-state index contributed by atoms with van der Waals surface area (Å²) in [6.45, 7) is 1.000. The Morgan fingerprint density at radius 2 is 2.21 bits per heavy atom. The summed E-state index contributed by atoms with van der Waals surface area (Å²) in [5, 5.41) is 14.8. The summed E-state index contributed by atoms with van der Waals surface area (Å²) in [4.78, 5) is 0. The van der Waals surface area contributed by atoms with E-state index in [1.165, 1.54) is 0 Å². The molecule has 0 aliphatic carbocycles. The molecule has 3 rings (SSSR count). The average molecular weight is 275 g/mol. The molecule has 2 aromatic rings. The van der Waals surface area contributed by atoms with Crippen molar-refractivity contribution in [3.8, 4) is 5.75 Å². The summed E-state index contributed by atoms with van der Waals surface area (Å²) in [6.07, 6.45) is 0.145. The summed E-state index contributed by atoms with van der Waals surface area (Å²) in [5.41, 5.74) is 7.55. The van der Waals surface area contributed by atoms with Crippen LogP contribution >= 0.6 is 11.3 Å². The number of nitrogens with two attached hydrogens (primary N) is 1. The molecular weight excluding hydrogens is 258 g/mol. The summed E-state index contributed by atoms with van der Waals surface area (Å²) >= 11 is 1.59. The lowest BCUT2D eigenvalue weighted by molar-refractivity contribution is 0.0538. The molecule has 0 radical (unpaired) electrons. The molecule has 1 aliphatic heterocycles. The molecule has 2 heterocycles. The number of fused-ring (bicyclic) bond motifs is 1. The number of aliphatic hydroxyl groups excluding tert-OH is 1. The van der Waals surface area contributed by atoms with E-state index in [-0.39, 0.29) is 0 Å². The standard InChI is InChI=1S/C15H17NO2S/c16-10-15(14(17)11-5-8-19-9-11)6-7-18-13-4-2-1-3-12(13)15/h1-5,8-9,14,17H,6-7,10,16H2. The smallest absolute Gasteiger partial charge is 0.123 e. The van der Waals surface area contributed by atoms with Crippen molar-refractivity contribution in [2.45, 2.75) is 17.9 Å². The number of ether oxygens (including phenoxy) is 1. The molecule has 1 aromatic carbocycles. The SMILES string of the molecule is NCC1(C(O)c2ccsc2)CCOc2ccccc21. The van der Waals surface area contributed by atoms with Crippen molar-refractivity contribution in [1.82, 2.24) is 0 Å². The van der Waals surface area contributed by atoms with E-state index in [1.54, 1.807) is 11.3 Å². The molecule has 4 heteroatoms. The van der Waals surface area contributed by atoms with Crippen LogP contribution in [-0.4, -0.2) is 18.3 Å². The van der Waals surface area contributed by atoms with E-state index in [0.29, 0.717) is 13.2 Å². The van der Waals surface area contributed by atoms with Gasteiger partial charge in [-0.25, -0.2) is 0 Å². The van der Waals surface area contributed by atoms with Gasteiger partial charge >= 0.3 is 0 Å². The van der Waals surface area contributed by atoms with Crippen LogP contribution in [0, 0.1) is 0 Å². The Kier molecular flexibility index (Phi) is 3.31. The van der Waals surface area contributed by atoms with Gasteiger partial charge in [0.1, 0.15) is 5.75 Å². The monoisotopic (exact) mass is 275 g/mol. The number of para-hydroxylation sites is 1. The van der Waals surface area contributed by atoms with Gasteiger partial charge in [0, 0.05) is 17.5 Å². The zero-order chi connectivity index (χ0) is 13.3. The van der Waals surface area contributed by atoms with Crippen LogP contribution in [0.4, 0.5) is 0 Å². The molecule has 100 valence electrons. The lowest BCUT2D eigenvalue weighted by Crippen LogP contribution is -2.44. The van der Waals surface area contributed by atoms with Crippen LogP contribution in [-0.2, 0) is 5.41 Å². The molecule has 0 saturated carbocycles. The van der Waals surface area contributed by atoms with Gasteiger partial charge in [-0.2, -0.15) is 11.3 Å². The van der Waals surface area contributed by atoms with Gasteiger partial charge in [-0.05, 0) is 34.9 Å². The number of rotatable bonds is 3. The quantitative estimate of drug-likeness (QED) is 0.904. The highest BCUT2D eigenvalue weighted by Crippen LogP contribution is 2.46. The van der Waals surface area contributed by atoms with E-state index in [0.717, 1.165) is 23.3 Å². The minimum absolute atomic E-state index is 0.407. The number of hydrogen-bond acceptors (Lipinski definition) is 4. The van der Waals surface area contributed by atoms with Crippen molar-refractivity contribution in [1.29, 1.82) is 0 Å². The van der Waals surface area contributed by atoms with E-state index in [4.69, 9.17) is 10.5 Å². The highest BCUT2D eigenvalue weighted by molar-refractivity contribution is 7.07. The molecule has 0 saturated heterocycles. The van der Waals surface area contributed by atoms with E-state index < -0.39 is 11.5 Å². The van der Waals surface area contributed by atoms with Gasteiger partial charge in [0.15, 0.2) is 0 Å². The maximum atomic E-state index is 10.8. The van der Waals surface area contributed by atoms with Gasteiger partial charge in [0.2, 0.25) is 0 Å². The van der Waals surface area contributed by atoms with Crippen molar-refractivity contribution in [2.24, 2.45) is 5.73 Å². The third-order valence-corrected chi connectivity index (χ3v) is 4.68. The van der Waals surface area contributed by atoms with E-state index in [9.17, 15) is 5.11 Å². The minimum atomic E-state index is -0.589. The Bertz CT molecular complexity index is 555. The largest absolute Gasteiger partial charge is 0.493 e. The molecule has 2 atom stereocenters. The van der Waals surface area contributed by atoms with Crippen molar-refractivity contribution in [3.63, 3.8) is 0 Å². The number of thiophene rings is 1. The Labute approximate surface area is 116 Å². The van der Waals surface area contributed by atoms with E-state index in [2.05, 4.69) is 0 Å². The lowest BCUT2D eigenvalue weighted by Gasteiger charge is -2.41. The zero-order valence-corrected chi connectivity index (χ0v) is 11.4. The van der Waals surface area contributed by atoms with Crippen LogP contribution < -0.4 is 10.5 Å². The van der Waals surface area contributed by atoms with E-state index in [1.807, 2.05) is 41.1 Å². The number of hydrogen-bond donors (Lipinski definition) is 2. The fourth-order valence-electron chi connectivity index (χ4n) is 2.84. The van der Waals surface area contributed by atoms with Crippen LogP contribution in [0.2, 0.25) is 0 Å². The van der Waals surface area contributed by atoms with Crippen molar-refractivity contribution in [3.05, 3.63) is 52.2 Å². The highest BCUT2D eigenvalue weighted by Gasteiger charge is 2.43. The maximum Gasteiger partial charge on any atom is 0.123 e. The van der Waals surface area contributed by atoms with Gasteiger partial charge in [0.25, 0.3) is 0 Å². The zero-order valence-electron chi connectivity index (χ0n) is 10.6. The molecule has 1 aliphatic rings. The van der Waals surface area contributed by atoms with E-state index >= 15 is 0 Å². The second kappa shape index (κ2) is 4.96. The average Bonchev–Trinajstić information content (AvgIpc) is 3.00. The van der Waals surface area contributed by atoms with Crippen molar-refractivity contribution >= 4 is 11.3 Å². The van der Waals surface area contributed by atoms with Crippen LogP contribution in [0.3, 0.4) is 0 Å². The third-order valence-electron chi connectivity index (χ3n) is 3.98. The number of benzene rings is 1. The summed E-state index contributed by atoms with van der Waals surface area (Å²) in [6, 6.07) is 9.83. The molecule has 1 aromatic heterocycles. The first-order valence-electron chi connectivity index (χ1n) is 6.40. The van der Waals surface area contributed by atoms with Crippen LogP contribution in [0.15, 0.2) is 41.1 Å². The van der Waals surface area contributed by atoms with Crippen LogP contribution in [0.5, 0.6) is 5.75 Å². The Balaban J connectivity index is 2.10. The third kappa shape index (κ3) is 1.96. The predicted octanol–water partition coefficient (Wildman–Crippen LogP) is 2.46. The summed E-state index contributed by atoms with van der Waals surface area (Å²) < 4.78 is 5.68. The predicted molar refractivity (Wildman–Crippen MR) is 76.6 cm³/mol. The second-order valence-corrected chi connectivity index (χ2v) is 5.69. The molecule has 3 N–H and O–H groups in total. The topological polar surface area (TPSA) is 55.5 Å². The minimum Gasteiger partial charge on any atom is -0.493 e. The molecule has 0 bridgehead atoms. The van der Waals surface area contributed by atoms with Crippen molar-refractivity contribution in [2.75, 3.05) is 13.2 Å². The van der Waals surface area contributed by atoms with Gasteiger partial charge in [-0.1, -0.05) is 18.2 Å². The van der Waals surface area contributed by atoms with Crippen LogP contribution in [0.1, 0.15) is 23.7 Å². The normalized spacial score (nSPS) is 23.5. The molecular formula is C15H17NO2S. The molecule has 3 nitrogen and oxygen atoms in total. The molecule has 0 spiro atoms. The summed E-state index contributed by atoms with van der Waals surface area (Å²) in [5.74, 6) is 0.841. The molecule has 0 amide bonds. The first-order chi connectivity index (χ1) is 9.28. The highest BCUT2D eigenvalue weighted by atomic mass is 32.1. The second-order valence-electron chi connectivity index (χ2n) is 4.91. The lowest BCUT2D eigenvalue weighted by atomic mass is 9.70. The Morgan fingerprint density at radius 1 is 1.37 bits per heavy atom. The Hall–Kier alpha value is -1.36. The Morgan fingerprint density at radius 3 is 2.95 bits per heavy atom. The molecule has 2 unspecified atom stereocenters. The first kappa shape index (κ1) is 12.7. The maximum absolute atomic E-state index is 10.8. The van der Waals surface area contributed by atoms with Gasteiger partial charge in [0.05, 0.1) is 12.7 Å². The fraction of sp³-hybridized carbons (Fsp3) is 0.333. The van der Waals surface area contributed by atoms with Gasteiger partial charge < -0.3 is 15.6 Å².